The first kappa shape index (κ1) is 15.5. The van der Waals surface area contributed by atoms with Gasteiger partial charge in [0.05, 0.1) is 10.7 Å². The summed E-state index contributed by atoms with van der Waals surface area (Å²) in [5.74, 6) is -0.462. The zero-order valence-electron chi connectivity index (χ0n) is 11.8. The third kappa shape index (κ3) is 2.92. The second-order valence-electron chi connectivity index (χ2n) is 4.55. The molecule has 9 heteroatoms. The van der Waals surface area contributed by atoms with Crippen LogP contribution in [0.5, 0.6) is 0 Å². The van der Waals surface area contributed by atoms with Gasteiger partial charge in [-0.2, -0.15) is 18.3 Å². The number of hydrogen-bond donors (Lipinski definition) is 1. The standard InChI is InChI=1S/C12H13F3N4OS/c1-5-9(12(13,14)15)18-19(4)10(5)17-11(20)8-6(2)16-7(3)21-8/h1-4H3,(H,17,20). The minimum atomic E-state index is -4.55. The second kappa shape index (κ2) is 5.14. The molecular formula is C12H13F3N4OS. The van der Waals surface area contributed by atoms with Crippen LogP contribution >= 0.6 is 11.3 Å². The third-order valence-electron chi connectivity index (χ3n) is 2.89. The van der Waals surface area contributed by atoms with Gasteiger partial charge in [0.2, 0.25) is 0 Å². The van der Waals surface area contributed by atoms with Gasteiger partial charge in [0.1, 0.15) is 10.7 Å². The van der Waals surface area contributed by atoms with Gasteiger partial charge >= 0.3 is 6.18 Å². The lowest BCUT2D eigenvalue weighted by molar-refractivity contribution is -0.141. The van der Waals surface area contributed by atoms with Crippen LogP contribution in [0.15, 0.2) is 0 Å². The number of rotatable bonds is 2. The van der Waals surface area contributed by atoms with Crippen molar-refractivity contribution in [2.75, 3.05) is 5.32 Å². The molecule has 0 aliphatic heterocycles. The van der Waals surface area contributed by atoms with Crippen molar-refractivity contribution in [1.82, 2.24) is 14.8 Å². The van der Waals surface area contributed by atoms with Gasteiger partial charge in [0.15, 0.2) is 5.69 Å². The Morgan fingerprint density at radius 1 is 1.29 bits per heavy atom. The molecule has 114 valence electrons. The highest BCUT2D eigenvalue weighted by Crippen LogP contribution is 2.34. The van der Waals surface area contributed by atoms with Gasteiger partial charge in [-0.25, -0.2) is 4.98 Å². The van der Waals surface area contributed by atoms with Crippen molar-refractivity contribution >= 4 is 23.1 Å². The number of nitrogens with one attached hydrogen (secondary N) is 1. The molecule has 0 saturated heterocycles. The Kier molecular flexibility index (Phi) is 3.79. The van der Waals surface area contributed by atoms with Gasteiger partial charge in [0, 0.05) is 12.6 Å². The molecule has 0 radical (unpaired) electrons. The van der Waals surface area contributed by atoms with Gasteiger partial charge in [-0.3, -0.25) is 9.48 Å². The van der Waals surface area contributed by atoms with Gasteiger partial charge in [0.25, 0.3) is 5.91 Å². The number of carbonyl (C=O) groups excluding carboxylic acids is 1. The summed E-state index contributed by atoms with van der Waals surface area (Å²) in [5, 5.41) is 6.61. The number of alkyl halides is 3. The fraction of sp³-hybridized carbons (Fsp3) is 0.417. The van der Waals surface area contributed by atoms with E-state index in [0.29, 0.717) is 10.6 Å². The van der Waals surface area contributed by atoms with E-state index in [0.717, 1.165) is 9.69 Å². The molecular weight excluding hydrogens is 305 g/mol. The number of thiazole rings is 1. The molecule has 2 aromatic heterocycles. The first-order valence-electron chi connectivity index (χ1n) is 5.97. The molecule has 0 saturated carbocycles. The normalized spacial score (nSPS) is 11.8. The molecule has 0 bridgehead atoms. The molecule has 1 amide bonds. The number of aryl methyl sites for hydroxylation is 3. The average Bonchev–Trinajstić information content (AvgIpc) is 2.82. The lowest BCUT2D eigenvalue weighted by Crippen LogP contribution is -2.15. The molecule has 0 aliphatic rings. The smallest absolute Gasteiger partial charge is 0.306 e. The SMILES string of the molecule is Cc1nc(C)c(C(=O)Nc2c(C)c(C(F)(F)F)nn2C)s1. The number of halogens is 3. The van der Waals surface area contributed by atoms with Crippen molar-refractivity contribution in [3.05, 3.63) is 26.8 Å². The van der Waals surface area contributed by atoms with Crippen LogP contribution in [0.2, 0.25) is 0 Å². The summed E-state index contributed by atoms with van der Waals surface area (Å²) in [7, 11) is 1.35. The van der Waals surface area contributed by atoms with Crippen LogP contribution in [0.25, 0.3) is 0 Å². The van der Waals surface area contributed by atoms with E-state index < -0.39 is 17.8 Å². The zero-order valence-corrected chi connectivity index (χ0v) is 12.6. The molecule has 0 aliphatic carbocycles. The van der Waals surface area contributed by atoms with Crippen LogP contribution in [0.1, 0.15) is 31.6 Å². The van der Waals surface area contributed by atoms with Crippen molar-refractivity contribution in [3.63, 3.8) is 0 Å². The second-order valence-corrected chi connectivity index (χ2v) is 5.75. The van der Waals surface area contributed by atoms with E-state index >= 15 is 0 Å². The first-order chi connectivity index (χ1) is 9.61. The summed E-state index contributed by atoms with van der Waals surface area (Å²) in [5.41, 5.74) is -0.569. The van der Waals surface area contributed by atoms with Crippen LogP contribution in [-0.4, -0.2) is 20.7 Å². The van der Waals surface area contributed by atoms with E-state index in [-0.39, 0.29) is 11.4 Å². The van der Waals surface area contributed by atoms with Gasteiger partial charge < -0.3 is 5.32 Å². The minimum absolute atomic E-state index is 0.0257. The van der Waals surface area contributed by atoms with Gasteiger partial charge in [-0.15, -0.1) is 11.3 Å². The monoisotopic (exact) mass is 318 g/mol. The molecule has 2 aromatic rings. The van der Waals surface area contributed by atoms with Gasteiger partial charge in [-0.1, -0.05) is 0 Å². The predicted octanol–water partition coefficient (Wildman–Crippen LogP) is 3.07. The quantitative estimate of drug-likeness (QED) is 0.926. The average molecular weight is 318 g/mol. The Balaban J connectivity index is 2.34. The summed E-state index contributed by atoms with van der Waals surface area (Å²) in [6.45, 7) is 4.71. The summed E-state index contributed by atoms with van der Waals surface area (Å²) < 4.78 is 39.3. The first-order valence-corrected chi connectivity index (χ1v) is 6.79. The maximum Gasteiger partial charge on any atom is 0.435 e. The fourth-order valence-corrected chi connectivity index (χ4v) is 2.80. The van der Waals surface area contributed by atoms with Crippen molar-refractivity contribution in [2.45, 2.75) is 26.9 Å². The molecule has 0 aromatic carbocycles. The summed E-state index contributed by atoms with van der Waals surface area (Å²) >= 11 is 1.19. The number of hydrogen-bond acceptors (Lipinski definition) is 4. The van der Waals surface area contributed by atoms with Crippen LogP contribution in [0.3, 0.4) is 0 Å². The fourth-order valence-electron chi connectivity index (χ4n) is 1.98. The molecule has 5 nitrogen and oxygen atoms in total. The van der Waals surface area contributed by atoms with Crippen molar-refractivity contribution in [1.29, 1.82) is 0 Å². The van der Waals surface area contributed by atoms with E-state index in [9.17, 15) is 18.0 Å². The molecule has 2 heterocycles. The van der Waals surface area contributed by atoms with Crippen LogP contribution in [0, 0.1) is 20.8 Å². The number of aromatic nitrogens is 3. The molecule has 0 spiro atoms. The largest absolute Gasteiger partial charge is 0.435 e. The van der Waals surface area contributed by atoms with E-state index in [2.05, 4.69) is 15.4 Å². The maximum atomic E-state index is 12.8. The highest BCUT2D eigenvalue weighted by atomic mass is 32.1. The van der Waals surface area contributed by atoms with Crippen LogP contribution in [0.4, 0.5) is 19.0 Å². The number of anilines is 1. The molecule has 0 unspecified atom stereocenters. The highest BCUT2D eigenvalue weighted by molar-refractivity contribution is 7.13. The van der Waals surface area contributed by atoms with E-state index in [4.69, 9.17) is 0 Å². The minimum Gasteiger partial charge on any atom is -0.306 e. The summed E-state index contributed by atoms with van der Waals surface area (Å²) in [6.07, 6.45) is -4.55. The summed E-state index contributed by atoms with van der Waals surface area (Å²) in [6, 6.07) is 0. The Labute approximate surface area is 122 Å². The van der Waals surface area contributed by atoms with E-state index in [1.807, 2.05) is 0 Å². The van der Waals surface area contributed by atoms with E-state index in [1.165, 1.54) is 25.3 Å². The van der Waals surface area contributed by atoms with E-state index in [1.54, 1.807) is 13.8 Å². The molecule has 1 N–H and O–H groups in total. The maximum absolute atomic E-state index is 12.8. The lowest BCUT2D eigenvalue weighted by Gasteiger charge is -2.06. The third-order valence-corrected chi connectivity index (χ3v) is 3.97. The Bertz CT molecular complexity index is 702. The Morgan fingerprint density at radius 3 is 2.33 bits per heavy atom. The lowest BCUT2D eigenvalue weighted by atomic mass is 10.2. The number of carbonyl (C=O) groups is 1. The molecule has 21 heavy (non-hydrogen) atoms. The Hall–Kier alpha value is -1.90. The number of nitrogens with zero attached hydrogens (tertiary/aromatic N) is 3. The zero-order chi connectivity index (χ0) is 15.9. The van der Waals surface area contributed by atoms with Crippen molar-refractivity contribution < 1.29 is 18.0 Å². The molecule has 2 rings (SSSR count). The summed E-state index contributed by atoms with van der Waals surface area (Å²) in [4.78, 5) is 16.6. The highest BCUT2D eigenvalue weighted by Gasteiger charge is 2.37. The molecule has 0 fully saturated rings. The Morgan fingerprint density at radius 2 is 1.90 bits per heavy atom. The number of amides is 1. The molecule has 0 atom stereocenters. The van der Waals surface area contributed by atoms with Crippen LogP contribution in [-0.2, 0) is 13.2 Å². The topological polar surface area (TPSA) is 59.8 Å². The van der Waals surface area contributed by atoms with Crippen molar-refractivity contribution in [2.24, 2.45) is 7.05 Å². The van der Waals surface area contributed by atoms with Crippen molar-refractivity contribution in [3.8, 4) is 0 Å². The predicted molar refractivity (Wildman–Crippen MR) is 72.5 cm³/mol. The van der Waals surface area contributed by atoms with Gasteiger partial charge in [-0.05, 0) is 20.8 Å². The van der Waals surface area contributed by atoms with Crippen LogP contribution < -0.4 is 5.32 Å².